The van der Waals surface area contributed by atoms with Gasteiger partial charge < -0.3 is 15.3 Å². The molecule has 0 fully saturated rings. The zero-order valence-corrected chi connectivity index (χ0v) is 13.7. The van der Waals surface area contributed by atoms with Gasteiger partial charge in [-0.25, -0.2) is 14.3 Å². The SMILES string of the molecule is O=C(NCc1ccnc2ccnn12)N1CCc2ccccc2C1CO. The number of hydrogen-bond acceptors (Lipinski definition) is 4. The third-order valence-electron chi connectivity index (χ3n) is 4.64. The molecule has 0 aliphatic carbocycles. The predicted octanol–water partition coefficient (Wildman–Crippen LogP) is 1.53. The van der Waals surface area contributed by atoms with Crippen LogP contribution in [0.3, 0.4) is 0 Å². The minimum absolute atomic E-state index is 0.0942. The molecule has 25 heavy (non-hydrogen) atoms. The Bertz CT molecular complexity index is 907. The fraction of sp³-hybridized carbons (Fsp3) is 0.278. The third kappa shape index (κ3) is 2.83. The predicted molar refractivity (Wildman–Crippen MR) is 91.9 cm³/mol. The first-order valence-electron chi connectivity index (χ1n) is 8.28. The fourth-order valence-electron chi connectivity index (χ4n) is 3.38. The van der Waals surface area contributed by atoms with Crippen molar-refractivity contribution in [1.29, 1.82) is 0 Å². The average molecular weight is 337 g/mol. The van der Waals surface area contributed by atoms with Crippen molar-refractivity contribution in [2.45, 2.75) is 19.0 Å². The number of benzene rings is 1. The Morgan fingerprint density at radius 1 is 1.24 bits per heavy atom. The number of carbonyl (C=O) groups is 1. The first-order chi connectivity index (χ1) is 12.3. The lowest BCUT2D eigenvalue weighted by atomic mass is 9.93. The van der Waals surface area contributed by atoms with E-state index in [4.69, 9.17) is 0 Å². The molecule has 0 spiro atoms. The molecule has 0 radical (unpaired) electrons. The molecule has 2 N–H and O–H groups in total. The van der Waals surface area contributed by atoms with Gasteiger partial charge >= 0.3 is 6.03 Å². The smallest absolute Gasteiger partial charge is 0.318 e. The van der Waals surface area contributed by atoms with E-state index in [2.05, 4.69) is 21.5 Å². The van der Waals surface area contributed by atoms with E-state index in [-0.39, 0.29) is 18.7 Å². The largest absolute Gasteiger partial charge is 0.394 e. The quantitative estimate of drug-likeness (QED) is 0.759. The summed E-state index contributed by atoms with van der Waals surface area (Å²) in [6.45, 7) is 0.834. The number of nitrogens with one attached hydrogen (secondary N) is 1. The average Bonchev–Trinajstić information content (AvgIpc) is 3.14. The van der Waals surface area contributed by atoms with Gasteiger partial charge in [0.1, 0.15) is 0 Å². The number of carbonyl (C=O) groups excluding carboxylic acids is 1. The van der Waals surface area contributed by atoms with Crippen LogP contribution in [-0.2, 0) is 13.0 Å². The van der Waals surface area contributed by atoms with Gasteiger partial charge in [-0.1, -0.05) is 24.3 Å². The summed E-state index contributed by atoms with van der Waals surface area (Å²) in [5.41, 5.74) is 3.80. The van der Waals surface area contributed by atoms with Gasteiger partial charge in [0, 0.05) is 18.8 Å². The van der Waals surface area contributed by atoms with Crippen LogP contribution >= 0.6 is 0 Å². The fourth-order valence-corrected chi connectivity index (χ4v) is 3.38. The third-order valence-corrected chi connectivity index (χ3v) is 4.64. The van der Waals surface area contributed by atoms with Crippen molar-refractivity contribution in [1.82, 2.24) is 24.8 Å². The van der Waals surface area contributed by atoms with Crippen LogP contribution in [0.15, 0.2) is 48.8 Å². The zero-order valence-electron chi connectivity index (χ0n) is 13.7. The number of nitrogens with zero attached hydrogens (tertiary/aromatic N) is 4. The highest BCUT2D eigenvalue weighted by molar-refractivity contribution is 5.75. The highest BCUT2D eigenvalue weighted by Gasteiger charge is 2.29. The molecule has 3 aromatic rings. The van der Waals surface area contributed by atoms with E-state index in [0.717, 1.165) is 23.3 Å². The zero-order chi connectivity index (χ0) is 17.2. The molecule has 128 valence electrons. The van der Waals surface area contributed by atoms with E-state index in [1.165, 1.54) is 5.56 Å². The van der Waals surface area contributed by atoms with Crippen LogP contribution in [0.4, 0.5) is 4.79 Å². The van der Waals surface area contributed by atoms with Gasteiger partial charge in [0.25, 0.3) is 0 Å². The normalized spacial score (nSPS) is 16.7. The molecule has 1 aliphatic rings. The maximum absolute atomic E-state index is 12.7. The van der Waals surface area contributed by atoms with E-state index >= 15 is 0 Å². The van der Waals surface area contributed by atoms with Crippen molar-refractivity contribution in [3.05, 3.63) is 65.6 Å². The summed E-state index contributed by atoms with van der Waals surface area (Å²) >= 11 is 0. The van der Waals surface area contributed by atoms with Crippen LogP contribution in [-0.4, -0.2) is 43.8 Å². The van der Waals surface area contributed by atoms with Gasteiger partial charge in [-0.05, 0) is 23.6 Å². The highest BCUT2D eigenvalue weighted by Crippen LogP contribution is 2.29. The van der Waals surface area contributed by atoms with E-state index in [1.54, 1.807) is 21.8 Å². The second-order valence-electron chi connectivity index (χ2n) is 6.04. The van der Waals surface area contributed by atoms with E-state index in [0.29, 0.717) is 13.1 Å². The van der Waals surface area contributed by atoms with Crippen LogP contribution in [0.2, 0.25) is 0 Å². The molecule has 1 atom stereocenters. The topological polar surface area (TPSA) is 82.8 Å². The summed E-state index contributed by atoms with van der Waals surface area (Å²) in [5.74, 6) is 0. The van der Waals surface area contributed by atoms with Crippen LogP contribution in [0.25, 0.3) is 5.65 Å². The number of rotatable bonds is 3. The number of aliphatic hydroxyl groups is 1. The summed E-state index contributed by atoms with van der Waals surface area (Å²) in [5, 5.41) is 17.0. The first-order valence-corrected chi connectivity index (χ1v) is 8.28. The van der Waals surface area contributed by atoms with Crippen molar-refractivity contribution in [2.24, 2.45) is 0 Å². The molecule has 7 nitrogen and oxygen atoms in total. The molecule has 1 unspecified atom stereocenters. The lowest BCUT2D eigenvalue weighted by Crippen LogP contribution is -2.46. The Balaban J connectivity index is 1.50. The summed E-state index contributed by atoms with van der Waals surface area (Å²) in [7, 11) is 0. The molecule has 1 aliphatic heterocycles. The molecule has 4 rings (SSSR count). The maximum atomic E-state index is 12.7. The monoisotopic (exact) mass is 337 g/mol. The summed E-state index contributed by atoms with van der Waals surface area (Å²) < 4.78 is 1.70. The molecule has 2 amide bonds. The standard InChI is InChI=1S/C18H19N5O2/c24-12-16-15-4-2-1-3-13(15)7-10-22(16)18(25)20-11-14-5-8-19-17-6-9-21-23(14)17/h1-6,8-9,16,24H,7,10-12H2,(H,20,25). The van der Waals surface area contributed by atoms with Crippen molar-refractivity contribution in [3.8, 4) is 0 Å². The number of urea groups is 1. The molecule has 3 heterocycles. The highest BCUT2D eigenvalue weighted by atomic mass is 16.3. The second-order valence-corrected chi connectivity index (χ2v) is 6.04. The van der Waals surface area contributed by atoms with Gasteiger partial charge in [-0.2, -0.15) is 5.10 Å². The Labute approximate surface area is 144 Å². The number of aliphatic hydroxyl groups excluding tert-OH is 1. The Morgan fingerprint density at radius 3 is 3.00 bits per heavy atom. The molecule has 7 heteroatoms. The summed E-state index contributed by atoms with van der Waals surface area (Å²) in [4.78, 5) is 18.6. The number of hydrogen-bond donors (Lipinski definition) is 2. The molecule has 2 aromatic heterocycles. The van der Waals surface area contributed by atoms with Crippen molar-refractivity contribution in [3.63, 3.8) is 0 Å². The Morgan fingerprint density at radius 2 is 2.12 bits per heavy atom. The molecule has 1 aromatic carbocycles. The number of amides is 2. The summed E-state index contributed by atoms with van der Waals surface area (Å²) in [6, 6.07) is 11.1. The Hall–Kier alpha value is -2.93. The van der Waals surface area contributed by atoms with Gasteiger partial charge in [-0.15, -0.1) is 0 Å². The molecule has 0 saturated heterocycles. The van der Waals surface area contributed by atoms with E-state index < -0.39 is 0 Å². The maximum Gasteiger partial charge on any atom is 0.318 e. The molecular formula is C18H19N5O2. The second kappa shape index (κ2) is 6.52. The number of fused-ring (bicyclic) bond motifs is 2. The van der Waals surface area contributed by atoms with Gasteiger partial charge in [0.15, 0.2) is 5.65 Å². The lowest BCUT2D eigenvalue weighted by Gasteiger charge is -2.36. The molecular weight excluding hydrogens is 318 g/mol. The lowest BCUT2D eigenvalue weighted by molar-refractivity contribution is 0.126. The Kier molecular flexibility index (Phi) is 4.07. The van der Waals surface area contributed by atoms with Crippen LogP contribution in [0.1, 0.15) is 22.9 Å². The van der Waals surface area contributed by atoms with E-state index in [9.17, 15) is 9.90 Å². The van der Waals surface area contributed by atoms with Crippen LogP contribution in [0.5, 0.6) is 0 Å². The van der Waals surface area contributed by atoms with Crippen LogP contribution < -0.4 is 5.32 Å². The van der Waals surface area contributed by atoms with Crippen molar-refractivity contribution < 1.29 is 9.90 Å². The first kappa shape index (κ1) is 15.6. The van der Waals surface area contributed by atoms with Gasteiger partial charge in [0.05, 0.1) is 31.1 Å². The van der Waals surface area contributed by atoms with Crippen molar-refractivity contribution >= 4 is 11.7 Å². The van der Waals surface area contributed by atoms with Crippen molar-refractivity contribution in [2.75, 3.05) is 13.2 Å². The van der Waals surface area contributed by atoms with Crippen LogP contribution in [0, 0.1) is 0 Å². The minimum atomic E-state index is -0.313. The number of aromatic nitrogens is 3. The van der Waals surface area contributed by atoms with E-state index in [1.807, 2.05) is 30.3 Å². The molecule has 0 saturated carbocycles. The molecule has 0 bridgehead atoms. The van der Waals surface area contributed by atoms with Gasteiger partial charge in [-0.3, -0.25) is 0 Å². The summed E-state index contributed by atoms with van der Waals surface area (Å²) in [6.07, 6.45) is 4.17. The van der Waals surface area contributed by atoms with Gasteiger partial charge in [0.2, 0.25) is 0 Å². The minimum Gasteiger partial charge on any atom is -0.394 e.